The molecule has 4 heterocycles. The molecule has 0 aromatic carbocycles. The second-order valence-electron chi connectivity index (χ2n) is 7.18. The molecule has 0 amide bonds. The van der Waals surface area contributed by atoms with Crippen LogP contribution in [-0.2, 0) is 31.7 Å². The largest absolute Gasteiger partial charge is 0.381 e. The Balaban J connectivity index is 1.70. The van der Waals surface area contributed by atoms with Crippen molar-refractivity contribution in [3.05, 3.63) is 29.3 Å². The Bertz CT molecular complexity index is 945. The van der Waals surface area contributed by atoms with Crippen LogP contribution >= 0.6 is 0 Å². The lowest BCUT2D eigenvalue weighted by Gasteiger charge is -2.11. The van der Waals surface area contributed by atoms with Gasteiger partial charge in [0.05, 0.1) is 18.5 Å². The van der Waals surface area contributed by atoms with Crippen molar-refractivity contribution in [2.24, 2.45) is 14.1 Å². The quantitative estimate of drug-likeness (QED) is 0.717. The minimum absolute atomic E-state index is 0.257. The van der Waals surface area contributed by atoms with E-state index < -0.39 is 0 Å². The molecule has 136 valence electrons. The zero-order valence-electron chi connectivity index (χ0n) is 15.2. The third kappa shape index (κ3) is 2.39. The third-order valence-electron chi connectivity index (χ3n) is 5.46. The van der Waals surface area contributed by atoms with E-state index in [4.69, 9.17) is 19.9 Å². The van der Waals surface area contributed by atoms with Gasteiger partial charge in [-0.2, -0.15) is 14.9 Å². The van der Waals surface area contributed by atoms with Crippen LogP contribution in [0.5, 0.6) is 0 Å². The van der Waals surface area contributed by atoms with Crippen LogP contribution in [0.25, 0.3) is 17.3 Å². The van der Waals surface area contributed by atoms with Crippen molar-refractivity contribution in [2.45, 2.75) is 38.0 Å². The molecule has 8 nitrogen and oxygen atoms in total. The molecular formula is C18H23N7O. The van der Waals surface area contributed by atoms with E-state index in [-0.39, 0.29) is 5.92 Å². The summed E-state index contributed by atoms with van der Waals surface area (Å²) in [5.74, 6) is 2.87. The highest BCUT2D eigenvalue weighted by Crippen LogP contribution is 2.33. The zero-order chi connectivity index (χ0) is 17.7. The molecule has 1 fully saturated rings. The molecular weight excluding hydrogens is 330 g/mol. The summed E-state index contributed by atoms with van der Waals surface area (Å²) in [6.45, 7) is 1.47. The van der Waals surface area contributed by atoms with Crippen molar-refractivity contribution in [2.75, 3.05) is 13.2 Å². The van der Waals surface area contributed by atoms with Crippen LogP contribution in [0, 0.1) is 0 Å². The maximum absolute atomic E-state index is 5.56. The van der Waals surface area contributed by atoms with Gasteiger partial charge in [0.1, 0.15) is 5.69 Å². The third-order valence-corrected chi connectivity index (χ3v) is 5.46. The molecule has 5 rings (SSSR count). The molecule has 0 radical (unpaired) electrons. The first-order valence-corrected chi connectivity index (χ1v) is 9.30. The van der Waals surface area contributed by atoms with E-state index in [9.17, 15) is 0 Å². The van der Waals surface area contributed by atoms with Gasteiger partial charge in [-0.05, 0) is 32.1 Å². The Morgan fingerprint density at radius 1 is 1.12 bits per heavy atom. The van der Waals surface area contributed by atoms with Gasteiger partial charge >= 0.3 is 0 Å². The second-order valence-corrected chi connectivity index (χ2v) is 7.18. The monoisotopic (exact) mass is 353 g/mol. The fourth-order valence-corrected chi connectivity index (χ4v) is 4.09. The maximum atomic E-state index is 5.56. The van der Waals surface area contributed by atoms with Crippen molar-refractivity contribution in [1.82, 2.24) is 34.3 Å². The number of nitrogens with zero attached hydrogens (tertiary/aromatic N) is 7. The van der Waals surface area contributed by atoms with Crippen LogP contribution < -0.4 is 0 Å². The lowest BCUT2D eigenvalue weighted by molar-refractivity contribution is 0.193. The molecule has 1 atom stereocenters. The van der Waals surface area contributed by atoms with Gasteiger partial charge < -0.3 is 4.74 Å². The minimum Gasteiger partial charge on any atom is -0.381 e. The molecule has 1 saturated heterocycles. The molecule has 0 N–H and O–H groups in total. The summed E-state index contributed by atoms with van der Waals surface area (Å²) in [5.41, 5.74) is 3.61. The van der Waals surface area contributed by atoms with Crippen LogP contribution in [-0.4, -0.2) is 47.5 Å². The van der Waals surface area contributed by atoms with Gasteiger partial charge in [-0.25, -0.2) is 4.98 Å². The molecule has 0 spiro atoms. The van der Waals surface area contributed by atoms with Crippen LogP contribution in [0.15, 0.2) is 12.3 Å². The summed E-state index contributed by atoms with van der Waals surface area (Å²) >= 11 is 0. The van der Waals surface area contributed by atoms with Crippen LogP contribution in [0.4, 0.5) is 0 Å². The molecule has 26 heavy (non-hydrogen) atoms. The van der Waals surface area contributed by atoms with Gasteiger partial charge in [0.15, 0.2) is 17.5 Å². The number of hydrogen-bond acceptors (Lipinski definition) is 5. The predicted molar refractivity (Wildman–Crippen MR) is 95.1 cm³/mol. The maximum Gasteiger partial charge on any atom is 0.183 e. The smallest absolute Gasteiger partial charge is 0.183 e. The fourth-order valence-electron chi connectivity index (χ4n) is 4.09. The van der Waals surface area contributed by atoms with Crippen molar-refractivity contribution >= 4 is 0 Å². The van der Waals surface area contributed by atoms with Gasteiger partial charge in [0.2, 0.25) is 0 Å². The Morgan fingerprint density at radius 2 is 2.00 bits per heavy atom. The van der Waals surface area contributed by atoms with Gasteiger partial charge in [-0.3, -0.25) is 9.36 Å². The molecule has 8 heteroatoms. The lowest BCUT2D eigenvalue weighted by Crippen LogP contribution is -2.09. The van der Waals surface area contributed by atoms with E-state index in [2.05, 4.69) is 5.10 Å². The van der Waals surface area contributed by atoms with Gasteiger partial charge in [0.25, 0.3) is 0 Å². The topological polar surface area (TPSA) is 75.6 Å². The molecule has 1 aliphatic carbocycles. The van der Waals surface area contributed by atoms with E-state index >= 15 is 0 Å². The molecule has 3 aromatic rings. The summed E-state index contributed by atoms with van der Waals surface area (Å²) in [6.07, 6.45) is 7.28. The minimum atomic E-state index is 0.257. The Hall–Kier alpha value is -2.48. The normalized spacial score (nSPS) is 19.8. The predicted octanol–water partition coefficient (Wildman–Crippen LogP) is 1.78. The molecule has 3 aromatic heterocycles. The fraction of sp³-hybridized carbons (Fsp3) is 0.556. The van der Waals surface area contributed by atoms with Crippen LogP contribution in [0.3, 0.4) is 0 Å². The van der Waals surface area contributed by atoms with Crippen LogP contribution in [0.1, 0.15) is 42.3 Å². The number of aromatic nitrogens is 7. The summed E-state index contributed by atoms with van der Waals surface area (Å²) in [7, 11) is 3.94. The summed E-state index contributed by atoms with van der Waals surface area (Å²) in [6, 6.07) is 1.97. The molecule has 1 unspecified atom stereocenters. The van der Waals surface area contributed by atoms with Crippen molar-refractivity contribution in [3.8, 4) is 17.3 Å². The Morgan fingerprint density at radius 3 is 2.77 bits per heavy atom. The van der Waals surface area contributed by atoms with Gasteiger partial charge in [-0.1, -0.05) is 0 Å². The molecule has 1 aliphatic heterocycles. The SMILES string of the molecule is Cn1nccc1-n1nc(C2CCOC2)nc1-c1c2c(nn1C)CCCC2. The Kier molecular flexibility index (Phi) is 3.66. The highest BCUT2D eigenvalue weighted by atomic mass is 16.5. The first kappa shape index (κ1) is 15.7. The average Bonchev–Trinajstić information content (AvgIpc) is 3.39. The molecule has 0 bridgehead atoms. The molecule has 0 saturated carbocycles. The Labute approximate surface area is 151 Å². The van der Waals surface area contributed by atoms with Crippen molar-refractivity contribution in [3.63, 3.8) is 0 Å². The van der Waals surface area contributed by atoms with E-state index in [0.717, 1.165) is 49.0 Å². The number of aryl methyl sites for hydroxylation is 3. The zero-order valence-corrected chi connectivity index (χ0v) is 15.2. The van der Waals surface area contributed by atoms with E-state index in [0.29, 0.717) is 6.61 Å². The van der Waals surface area contributed by atoms with Crippen LogP contribution in [0.2, 0.25) is 0 Å². The summed E-state index contributed by atoms with van der Waals surface area (Å²) in [4.78, 5) is 4.97. The van der Waals surface area contributed by atoms with E-state index in [1.54, 1.807) is 6.20 Å². The van der Waals surface area contributed by atoms with Gasteiger partial charge in [-0.15, -0.1) is 5.10 Å². The average molecular weight is 353 g/mol. The first-order valence-electron chi connectivity index (χ1n) is 9.30. The highest BCUT2D eigenvalue weighted by Gasteiger charge is 2.29. The van der Waals surface area contributed by atoms with Crippen molar-refractivity contribution in [1.29, 1.82) is 0 Å². The summed E-state index contributed by atoms with van der Waals surface area (Å²) in [5, 5.41) is 13.9. The van der Waals surface area contributed by atoms with Crippen molar-refractivity contribution < 1.29 is 4.74 Å². The first-order chi connectivity index (χ1) is 12.7. The van der Waals surface area contributed by atoms with E-state index in [1.165, 1.54) is 24.1 Å². The standard InChI is InChI=1S/C18H23N7O/c1-23-15(7-9-19-23)25-18(20-17(22-25)12-8-10-26-11-12)16-13-5-3-4-6-14(13)21-24(16)2/h7,9,12H,3-6,8,10-11H2,1-2H3. The summed E-state index contributed by atoms with van der Waals surface area (Å²) < 4.78 is 11.3. The van der Waals surface area contributed by atoms with Gasteiger partial charge in [0, 0.05) is 38.2 Å². The lowest BCUT2D eigenvalue weighted by atomic mass is 9.95. The second kappa shape index (κ2) is 6.05. The highest BCUT2D eigenvalue weighted by molar-refractivity contribution is 5.60. The number of rotatable bonds is 3. The number of ether oxygens (including phenoxy) is 1. The van der Waals surface area contributed by atoms with E-state index in [1.807, 2.05) is 34.2 Å². The molecule has 2 aliphatic rings. The number of fused-ring (bicyclic) bond motifs is 1. The number of hydrogen-bond donors (Lipinski definition) is 0.